The average molecular weight is 622 g/mol. The molecule has 2 heterocycles. The second-order valence-electron chi connectivity index (χ2n) is 11.9. The van der Waals surface area contributed by atoms with Gasteiger partial charge < -0.3 is 19.1 Å². The summed E-state index contributed by atoms with van der Waals surface area (Å²) in [6, 6.07) is 20.7. The maximum atomic E-state index is 13.7. The number of carbonyl (C=O) groups excluding carboxylic acids is 1. The topological polar surface area (TPSA) is 111 Å². The third-order valence-corrected chi connectivity index (χ3v) is 9.92. The van der Waals surface area contributed by atoms with Crippen LogP contribution in [0.4, 0.5) is 0 Å². The molecule has 0 bridgehead atoms. The van der Waals surface area contributed by atoms with Crippen LogP contribution in [0.1, 0.15) is 53.6 Å². The van der Waals surface area contributed by atoms with Crippen LogP contribution >= 0.6 is 0 Å². The van der Waals surface area contributed by atoms with E-state index in [2.05, 4.69) is 35.2 Å². The number of rotatable bonds is 6. The number of hydrogen-bond acceptors (Lipinski definition) is 7. The van der Waals surface area contributed by atoms with Crippen LogP contribution in [0.25, 0.3) is 0 Å². The first-order valence-electron chi connectivity index (χ1n) is 15.3. The second kappa shape index (κ2) is 14.0. The lowest BCUT2D eigenvalue weighted by Gasteiger charge is -2.45. The van der Waals surface area contributed by atoms with E-state index in [1.54, 1.807) is 7.11 Å². The van der Waals surface area contributed by atoms with Crippen LogP contribution in [-0.4, -0.2) is 71.1 Å². The number of sulfonamides is 1. The monoisotopic (exact) mass is 621 g/mol. The Morgan fingerprint density at radius 3 is 2.39 bits per heavy atom. The quantitative estimate of drug-likeness (QED) is 0.418. The van der Waals surface area contributed by atoms with Gasteiger partial charge in [-0.1, -0.05) is 36.8 Å². The van der Waals surface area contributed by atoms with E-state index in [9.17, 15) is 13.2 Å². The van der Waals surface area contributed by atoms with E-state index in [4.69, 9.17) is 19.3 Å². The van der Waals surface area contributed by atoms with Crippen molar-refractivity contribution in [2.45, 2.75) is 50.0 Å². The van der Waals surface area contributed by atoms with E-state index in [-0.39, 0.29) is 21.8 Å². The summed E-state index contributed by atoms with van der Waals surface area (Å²) in [5.74, 6) is 1.90. The number of methoxy groups -OCH3 is 2. The summed E-state index contributed by atoms with van der Waals surface area (Å²) in [4.78, 5) is 17.9. The molecule has 2 N–H and O–H groups in total. The molecular formula is C34H43N3O6S. The maximum Gasteiger partial charge on any atom is 0.257 e. The Kier molecular flexibility index (Phi) is 10.1. The van der Waals surface area contributed by atoms with Crippen molar-refractivity contribution in [3.8, 4) is 17.2 Å². The number of piperidine rings is 1. The number of nitrogens with two attached hydrogens (primary N) is 1. The van der Waals surface area contributed by atoms with Crippen LogP contribution in [0.5, 0.6) is 17.2 Å². The summed E-state index contributed by atoms with van der Waals surface area (Å²) in [6.07, 6.45) is 5.91. The molecule has 2 aliphatic heterocycles. The van der Waals surface area contributed by atoms with Gasteiger partial charge in [0.1, 0.15) is 23.9 Å². The number of primary sulfonamides is 1. The normalized spacial score (nSPS) is 17.9. The van der Waals surface area contributed by atoms with Crippen LogP contribution in [-0.2, 0) is 23.0 Å². The summed E-state index contributed by atoms with van der Waals surface area (Å²) < 4.78 is 41.1. The Morgan fingerprint density at radius 1 is 0.932 bits per heavy atom. The van der Waals surface area contributed by atoms with E-state index in [0.29, 0.717) is 25.4 Å². The number of nitrogens with zero attached hydrogens (tertiary/aromatic N) is 2. The number of hydrogen-bond donors (Lipinski definition) is 1. The van der Waals surface area contributed by atoms with E-state index in [0.717, 1.165) is 69.7 Å². The molecule has 0 saturated carbocycles. The summed E-state index contributed by atoms with van der Waals surface area (Å²) in [7, 11) is -0.815. The minimum Gasteiger partial charge on any atom is -0.497 e. The highest BCUT2D eigenvalue weighted by atomic mass is 32.2. The third kappa shape index (κ3) is 7.72. The zero-order valence-electron chi connectivity index (χ0n) is 25.7. The van der Waals surface area contributed by atoms with Gasteiger partial charge in [-0.3, -0.25) is 9.69 Å². The molecule has 9 nitrogen and oxygen atoms in total. The van der Waals surface area contributed by atoms with Crippen molar-refractivity contribution in [3.63, 3.8) is 0 Å². The minimum atomic E-state index is -3.96. The summed E-state index contributed by atoms with van der Waals surface area (Å²) in [6.45, 7) is 4.22. The molecular weight excluding hydrogens is 578 g/mol. The van der Waals surface area contributed by atoms with Crippen LogP contribution < -0.4 is 19.3 Å². The molecule has 0 radical (unpaired) electrons. The largest absolute Gasteiger partial charge is 0.497 e. The molecule has 1 spiro atoms. The number of ether oxygens (including phenoxy) is 3. The van der Waals surface area contributed by atoms with E-state index in [1.165, 1.54) is 36.4 Å². The third-order valence-electron chi connectivity index (χ3n) is 9.01. The van der Waals surface area contributed by atoms with Crippen molar-refractivity contribution < 1.29 is 27.4 Å². The Hall–Kier alpha value is -3.60. The Morgan fingerprint density at radius 2 is 1.68 bits per heavy atom. The Labute approximate surface area is 260 Å². The fourth-order valence-corrected chi connectivity index (χ4v) is 7.04. The Balaban J connectivity index is 1.36. The molecule has 3 aromatic carbocycles. The van der Waals surface area contributed by atoms with Crippen molar-refractivity contribution in [2.24, 2.45) is 10.6 Å². The number of fused-ring (bicyclic) bond motifs is 1. The Bertz CT molecular complexity index is 1530. The van der Waals surface area contributed by atoms with E-state index < -0.39 is 10.0 Å². The van der Waals surface area contributed by atoms with Crippen molar-refractivity contribution >= 4 is 15.9 Å². The summed E-state index contributed by atoms with van der Waals surface area (Å²) in [5, 5.41) is 5.36. The lowest BCUT2D eigenvalue weighted by molar-refractivity contribution is 0.0359. The molecule has 3 aromatic rings. The lowest BCUT2D eigenvalue weighted by Crippen LogP contribution is -2.48. The molecule has 44 heavy (non-hydrogen) atoms. The fraction of sp³-hybridized carbons (Fsp3) is 0.441. The zero-order valence-corrected chi connectivity index (χ0v) is 26.5. The molecule has 236 valence electrons. The average Bonchev–Trinajstić information content (AvgIpc) is 3.03. The number of amides is 1. The van der Waals surface area contributed by atoms with Crippen LogP contribution in [0.2, 0.25) is 0 Å². The molecule has 1 fully saturated rings. The molecule has 2 aliphatic rings. The molecule has 0 atom stereocenters. The van der Waals surface area contributed by atoms with Gasteiger partial charge in [-0.2, -0.15) is 0 Å². The van der Waals surface area contributed by atoms with Gasteiger partial charge in [0.15, 0.2) is 0 Å². The number of likely N-dealkylation sites (tertiary alicyclic amines) is 1. The second-order valence-corrected chi connectivity index (χ2v) is 13.5. The fourth-order valence-electron chi connectivity index (χ4n) is 6.50. The number of para-hydroxylation sites is 1. The maximum absolute atomic E-state index is 13.7. The first-order valence-corrected chi connectivity index (χ1v) is 16.8. The van der Waals surface area contributed by atoms with Crippen molar-refractivity contribution in [3.05, 3.63) is 83.4 Å². The molecule has 10 heteroatoms. The van der Waals surface area contributed by atoms with E-state index in [1.807, 2.05) is 23.1 Å². The first kappa shape index (κ1) is 31.8. The molecule has 0 aliphatic carbocycles. The molecule has 0 unspecified atom stereocenters. The van der Waals surface area contributed by atoms with Gasteiger partial charge in [0.2, 0.25) is 10.0 Å². The van der Waals surface area contributed by atoms with Crippen LogP contribution in [0.15, 0.2) is 71.6 Å². The number of aryl methyl sites for hydroxylation is 1. The molecule has 0 aromatic heterocycles. The number of carbonyl (C=O) groups is 1. The van der Waals surface area contributed by atoms with Gasteiger partial charge in [0.05, 0.1) is 24.7 Å². The number of benzene rings is 3. The highest BCUT2D eigenvalue weighted by molar-refractivity contribution is 7.89. The smallest absolute Gasteiger partial charge is 0.257 e. The van der Waals surface area contributed by atoms with Crippen molar-refractivity contribution in [1.82, 2.24) is 9.80 Å². The van der Waals surface area contributed by atoms with Gasteiger partial charge in [0.25, 0.3) is 5.91 Å². The van der Waals surface area contributed by atoms with Crippen LogP contribution in [0, 0.1) is 5.41 Å². The SMILES string of the molecule is COc1ccc(CN2CCOc3ccccc3CCCCC3(CCN(C(=O)c4cc(S(N)(=O)=O)ccc4OC)CC3)C2)cc1. The van der Waals surface area contributed by atoms with Crippen molar-refractivity contribution in [2.75, 3.05) is 47.0 Å². The van der Waals surface area contributed by atoms with Gasteiger partial charge >= 0.3 is 0 Å². The van der Waals surface area contributed by atoms with Crippen LogP contribution in [0.3, 0.4) is 0 Å². The van der Waals surface area contributed by atoms with Gasteiger partial charge in [0, 0.05) is 32.7 Å². The zero-order chi connectivity index (χ0) is 31.2. The first-order chi connectivity index (χ1) is 21.2. The highest BCUT2D eigenvalue weighted by Crippen LogP contribution is 2.39. The minimum absolute atomic E-state index is 0.0362. The standard InChI is InChI=1S/C34H43N3O6S/c1-41-28-12-10-26(11-13-28)24-36-21-22-43-31-9-4-3-7-27(31)8-5-6-16-34(25-36)17-19-37(20-18-34)33(38)30-23-29(44(35,39)40)14-15-32(30)42-2/h3-4,7,9-15,23H,5-6,8,16-22,24-25H2,1-2H3,(H2,35,39,40). The molecule has 1 saturated heterocycles. The summed E-state index contributed by atoms with van der Waals surface area (Å²) in [5.41, 5.74) is 2.71. The highest BCUT2D eigenvalue weighted by Gasteiger charge is 2.38. The van der Waals surface area contributed by atoms with Gasteiger partial charge in [-0.25, -0.2) is 13.6 Å². The molecule has 5 rings (SSSR count). The molecule has 1 amide bonds. The summed E-state index contributed by atoms with van der Waals surface area (Å²) >= 11 is 0. The van der Waals surface area contributed by atoms with Crippen molar-refractivity contribution in [1.29, 1.82) is 0 Å². The lowest BCUT2D eigenvalue weighted by atomic mass is 9.73. The predicted octanol–water partition coefficient (Wildman–Crippen LogP) is 4.88. The van der Waals surface area contributed by atoms with Gasteiger partial charge in [-0.15, -0.1) is 0 Å². The van der Waals surface area contributed by atoms with Gasteiger partial charge in [-0.05, 0) is 85.0 Å². The van der Waals surface area contributed by atoms with E-state index >= 15 is 0 Å². The predicted molar refractivity (Wildman–Crippen MR) is 170 cm³/mol.